The van der Waals surface area contributed by atoms with Gasteiger partial charge in [-0.2, -0.15) is 5.26 Å². The van der Waals surface area contributed by atoms with Crippen LogP contribution in [0.4, 0.5) is 0 Å². The van der Waals surface area contributed by atoms with E-state index in [1.165, 1.54) is 6.07 Å². The fourth-order valence-electron chi connectivity index (χ4n) is 2.71. The Kier molecular flexibility index (Phi) is 3.82. The summed E-state index contributed by atoms with van der Waals surface area (Å²) >= 11 is 0. The van der Waals surface area contributed by atoms with Gasteiger partial charge in [-0.1, -0.05) is 18.2 Å². The highest BCUT2D eigenvalue weighted by Gasteiger charge is 2.30. The van der Waals surface area contributed by atoms with E-state index >= 15 is 0 Å². The Morgan fingerprint density at radius 3 is 2.65 bits per heavy atom. The quantitative estimate of drug-likeness (QED) is 0.910. The van der Waals surface area contributed by atoms with E-state index in [0.29, 0.717) is 17.9 Å². The lowest BCUT2D eigenvalue weighted by molar-refractivity contribution is 0.340. The van der Waals surface area contributed by atoms with E-state index in [2.05, 4.69) is 6.07 Å². The zero-order valence-corrected chi connectivity index (χ0v) is 12.6. The fraction of sp³-hybridized carbons (Fsp3) is 0.167. The van der Waals surface area contributed by atoms with Crippen LogP contribution in [0.3, 0.4) is 0 Å². The molecule has 0 bridgehead atoms. The van der Waals surface area contributed by atoms with Crippen LogP contribution in [-0.2, 0) is 0 Å². The van der Waals surface area contributed by atoms with Crippen molar-refractivity contribution in [3.63, 3.8) is 0 Å². The molecule has 2 aromatic carbocycles. The third kappa shape index (κ3) is 2.67. The standard InChI is InChI=1S/C18H16N2O3/c1-2-22-13-6-3-11(4-7-13)17-14-8-5-12(21)9-16(14)23-18(20)15(17)10-19/h3-9,17,21H,2,20H2,1H3/t17-/m0/s1. The van der Waals surface area contributed by atoms with Gasteiger partial charge in [0.25, 0.3) is 0 Å². The number of ether oxygens (including phenoxy) is 2. The van der Waals surface area contributed by atoms with Gasteiger partial charge >= 0.3 is 0 Å². The van der Waals surface area contributed by atoms with E-state index in [0.717, 1.165) is 16.9 Å². The Labute approximate surface area is 134 Å². The van der Waals surface area contributed by atoms with E-state index in [1.807, 2.05) is 31.2 Å². The van der Waals surface area contributed by atoms with E-state index in [1.54, 1.807) is 12.1 Å². The van der Waals surface area contributed by atoms with Gasteiger partial charge in [0.1, 0.15) is 28.9 Å². The van der Waals surface area contributed by atoms with Crippen molar-refractivity contribution in [2.24, 2.45) is 5.73 Å². The van der Waals surface area contributed by atoms with Gasteiger partial charge in [-0.3, -0.25) is 0 Å². The van der Waals surface area contributed by atoms with Gasteiger partial charge in [-0.15, -0.1) is 0 Å². The first-order valence-corrected chi connectivity index (χ1v) is 7.27. The zero-order chi connectivity index (χ0) is 16.4. The maximum atomic E-state index is 9.63. The maximum absolute atomic E-state index is 9.63. The molecule has 5 nitrogen and oxygen atoms in total. The molecule has 0 saturated heterocycles. The Morgan fingerprint density at radius 1 is 1.26 bits per heavy atom. The number of rotatable bonds is 3. The molecular formula is C18H16N2O3. The zero-order valence-electron chi connectivity index (χ0n) is 12.6. The van der Waals surface area contributed by atoms with Crippen molar-refractivity contribution in [3.05, 3.63) is 65.0 Å². The summed E-state index contributed by atoms with van der Waals surface area (Å²) in [6, 6.07) is 14.5. The second-order valence-corrected chi connectivity index (χ2v) is 5.15. The molecule has 3 rings (SSSR count). The van der Waals surface area contributed by atoms with Gasteiger partial charge in [0, 0.05) is 11.6 Å². The summed E-state index contributed by atoms with van der Waals surface area (Å²) in [5.74, 6) is 1.04. The van der Waals surface area contributed by atoms with Crippen LogP contribution in [0, 0.1) is 11.3 Å². The Balaban J connectivity index is 2.10. The lowest BCUT2D eigenvalue weighted by atomic mass is 9.83. The van der Waals surface area contributed by atoms with Crippen LogP contribution < -0.4 is 15.2 Å². The number of nitrogens with zero attached hydrogens (tertiary/aromatic N) is 1. The molecule has 0 amide bonds. The van der Waals surface area contributed by atoms with E-state index in [4.69, 9.17) is 15.2 Å². The first-order chi connectivity index (χ1) is 11.1. The lowest BCUT2D eigenvalue weighted by Crippen LogP contribution is -2.20. The Hall–Kier alpha value is -3.13. The normalized spacial score (nSPS) is 16.3. The number of nitrogens with two attached hydrogens (primary N) is 1. The highest BCUT2D eigenvalue weighted by molar-refractivity contribution is 5.57. The summed E-state index contributed by atoms with van der Waals surface area (Å²) in [5.41, 5.74) is 7.94. The van der Waals surface area contributed by atoms with Gasteiger partial charge in [-0.05, 0) is 30.7 Å². The number of hydrogen-bond donors (Lipinski definition) is 2. The Bertz CT molecular complexity index is 804. The molecule has 116 valence electrons. The number of benzene rings is 2. The predicted octanol–water partition coefficient (Wildman–Crippen LogP) is 3.01. The SMILES string of the molecule is CCOc1ccc([C@@H]2C(C#N)=C(N)Oc3cc(O)ccc32)cc1. The fourth-order valence-corrected chi connectivity index (χ4v) is 2.71. The van der Waals surface area contributed by atoms with Crippen molar-refractivity contribution in [1.29, 1.82) is 5.26 Å². The number of phenolic OH excluding ortho intramolecular Hbond substituents is 1. The molecule has 23 heavy (non-hydrogen) atoms. The van der Waals surface area contributed by atoms with Crippen molar-refractivity contribution in [2.45, 2.75) is 12.8 Å². The van der Waals surface area contributed by atoms with Crippen LogP contribution in [0.15, 0.2) is 53.9 Å². The second-order valence-electron chi connectivity index (χ2n) is 5.15. The van der Waals surface area contributed by atoms with Crippen molar-refractivity contribution < 1.29 is 14.6 Å². The van der Waals surface area contributed by atoms with E-state index < -0.39 is 0 Å². The van der Waals surface area contributed by atoms with Crippen molar-refractivity contribution >= 4 is 0 Å². The highest BCUT2D eigenvalue weighted by Crippen LogP contribution is 2.43. The first-order valence-electron chi connectivity index (χ1n) is 7.27. The average Bonchev–Trinajstić information content (AvgIpc) is 2.54. The highest BCUT2D eigenvalue weighted by atomic mass is 16.5. The van der Waals surface area contributed by atoms with E-state index in [-0.39, 0.29) is 17.6 Å². The van der Waals surface area contributed by atoms with Gasteiger partial charge in [-0.25, -0.2) is 0 Å². The molecule has 0 radical (unpaired) electrons. The van der Waals surface area contributed by atoms with Crippen LogP contribution in [0.1, 0.15) is 24.0 Å². The summed E-state index contributed by atoms with van der Waals surface area (Å²) in [7, 11) is 0. The summed E-state index contributed by atoms with van der Waals surface area (Å²) < 4.78 is 10.9. The number of hydrogen-bond acceptors (Lipinski definition) is 5. The monoisotopic (exact) mass is 308 g/mol. The van der Waals surface area contributed by atoms with Crippen molar-refractivity contribution in [1.82, 2.24) is 0 Å². The Morgan fingerprint density at radius 2 is 2.00 bits per heavy atom. The molecule has 0 spiro atoms. The largest absolute Gasteiger partial charge is 0.508 e. The summed E-state index contributed by atoms with van der Waals surface area (Å²) in [6.45, 7) is 2.52. The smallest absolute Gasteiger partial charge is 0.205 e. The van der Waals surface area contributed by atoms with Crippen LogP contribution in [0.25, 0.3) is 0 Å². The molecule has 1 aliphatic rings. The molecular weight excluding hydrogens is 292 g/mol. The van der Waals surface area contributed by atoms with Gasteiger partial charge in [0.05, 0.1) is 12.5 Å². The summed E-state index contributed by atoms with van der Waals surface area (Å²) in [5, 5.41) is 19.1. The molecule has 1 atom stereocenters. The van der Waals surface area contributed by atoms with Crippen LogP contribution >= 0.6 is 0 Å². The molecule has 0 aromatic heterocycles. The van der Waals surface area contributed by atoms with Crippen molar-refractivity contribution in [2.75, 3.05) is 6.61 Å². The topological polar surface area (TPSA) is 88.5 Å². The number of nitriles is 1. The summed E-state index contributed by atoms with van der Waals surface area (Å²) in [4.78, 5) is 0. The molecule has 0 saturated carbocycles. The molecule has 3 N–H and O–H groups in total. The third-order valence-corrected chi connectivity index (χ3v) is 3.73. The second kappa shape index (κ2) is 5.93. The van der Waals surface area contributed by atoms with Gasteiger partial charge in [0.2, 0.25) is 5.88 Å². The van der Waals surface area contributed by atoms with E-state index in [9.17, 15) is 10.4 Å². The van der Waals surface area contributed by atoms with Crippen LogP contribution in [0.2, 0.25) is 0 Å². The molecule has 5 heteroatoms. The molecule has 1 heterocycles. The van der Waals surface area contributed by atoms with Crippen molar-refractivity contribution in [3.8, 4) is 23.3 Å². The first kappa shape index (κ1) is 14.8. The van der Waals surface area contributed by atoms with Gasteiger partial charge < -0.3 is 20.3 Å². The maximum Gasteiger partial charge on any atom is 0.205 e. The number of phenols is 1. The number of allylic oxidation sites excluding steroid dienone is 1. The minimum Gasteiger partial charge on any atom is -0.508 e. The molecule has 1 aliphatic heterocycles. The molecule has 2 aromatic rings. The molecule has 0 aliphatic carbocycles. The number of aromatic hydroxyl groups is 1. The number of fused-ring (bicyclic) bond motifs is 1. The lowest BCUT2D eigenvalue weighted by Gasteiger charge is -2.26. The minimum absolute atomic E-state index is 0.0597. The summed E-state index contributed by atoms with van der Waals surface area (Å²) in [6.07, 6.45) is 0. The average molecular weight is 308 g/mol. The molecule has 0 unspecified atom stereocenters. The molecule has 0 fully saturated rings. The van der Waals surface area contributed by atoms with Crippen LogP contribution in [0.5, 0.6) is 17.2 Å². The minimum atomic E-state index is -0.333. The van der Waals surface area contributed by atoms with Gasteiger partial charge in [0.15, 0.2) is 0 Å². The predicted molar refractivity (Wildman–Crippen MR) is 85.0 cm³/mol. The van der Waals surface area contributed by atoms with Crippen LogP contribution in [-0.4, -0.2) is 11.7 Å². The third-order valence-electron chi connectivity index (χ3n) is 3.73.